The third-order valence-corrected chi connectivity index (χ3v) is 4.20. The van der Waals surface area contributed by atoms with Crippen LogP contribution in [0.2, 0.25) is 0 Å². The molecule has 0 bridgehead atoms. The van der Waals surface area contributed by atoms with Crippen LogP contribution in [0.15, 0.2) is 54.6 Å². The summed E-state index contributed by atoms with van der Waals surface area (Å²) < 4.78 is 2.03. The number of carbonyl (C=O) groups is 1. The number of fused-ring (bicyclic) bond motifs is 3. The van der Waals surface area contributed by atoms with Crippen LogP contribution in [0.1, 0.15) is 19.4 Å². The number of aliphatic carboxylic acids is 1. The largest absolute Gasteiger partial charge is 0.478 e. The highest BCUT2D eigenvalue weighted by atomic mass is 16.4. The Kier molecular flexibility index (Phi) is 3.33. The third kappa shape index (κ3) is 1.94. The molecular formula is C19H17NO2. The van der Waals surface area contributed by atoms with Gasteiger partial charge in [-0.2, -0.15) is 0 Å². The van der Waals surface area contributed by atoms with Gasteiger partial charge in [-0.25, -0.2) is 4.79 Å². The number of hydrogen-bond donors (Lipinski definition) is 1. The zero-order valence-electron chi connectivity index (χ0n) is 12.6. The van der Waals surface area contributed by atoms with Gasteiger partial charge in [-0.1, -0.05) is 43.0 Å². The van der Waals surface area contributed by atoms with Gasteiger partial charge >= 0.3 is 5.97 Å². The molecule has 0 fully saturated rings. The summed E-state index contributed by atoms with van der Waals surface area (Å²) in [7, 11) is 0. The third-order valence-electron chi connectivity index (χ3n) is 4.20. The Balaban J connectivity index is 2.51. The number of rotatable bonds is 3. The first-order valence-electron chi connectivity index (χ1n) is 7.11. The average molecular weight is 291 g/mol. The van der Waals surface area contributed by atoms with Gasteiger partial charge < -0.3 is 9.67 Å². The molecule has 1 aromatic heterocycles. The summed E-state index contributed by atoms with van der Waals surface area (Å²) in [5.41, 5.74) is 4.11. The van der Waals surface area contributed by atoms with Crippen LogP contribution in [0.3, 0.4) is 0 Å². The lowest BCUT2D eigenvalue weighted by Gasteiger charge is -2.09. The summed E-state index contributed by atoms with van der Waals surface area (Å²) in [5, 5.41) is 11.5. The minimum absolute atomic E-state index is 0.355. The van der Waals surface area contributed by atoms with Crippen LogP contribution in [0.5, 0.6) is 0 Å². The van der Waals surface area contributed by atoms with Crippen LogP contribution in [0.4, 0.5) is 0 Å². The maximum atomic E-state index is 11.3. The first-order valence-corrected chi connectivity index (χ1v) is 7.11. The Labute approximate surface area is 128 Å². The molecule has 0 aliphatic carbocycles. The lowest BCUT2D eigenvalue weighted by Crippen LogP contribution is -2.00. The summed E-state index contributed by atoms with van der Waals surface area (Å²) in [6, 6.07) is 14.1. The van der Waals surface area contributed by atoms with Crippen molar-refractivity contribution in [3.8, 4) is 0 Å². The van der Waals surface area contributed by atoms with Gasteiger partial charge in [0.05, 0.1) is 11.0 Å². The first kappa shape index (κ1) is 14.1. The van der Waals surface area contributed by atoms with E-state index in [4.69, 9.17) is 0 Å². The number of carboxylic acids is 1. The van der Waals surface area contributed by atoms with Crippen molar-refractivity contribution in [2.24, 2.45) is 0 Å². The first-order chi connectivity index (χ1) is 10.6. The van der Waals surface area contributed by atoms with Gasteiger partial charge in [0, 0.05) is 28.1 Å². The summed E-state index contributed by atoms with van der Waals surface area (Å²) in [6.45, 7) is 7.40. The van der Waals surface area contributed by atoms with E-state index >= 15 is 0 Å². The number of nitrogens with zero attached hydrogens (tertiary/aromatic N) is 1. The van der Waals surface area contributed by atoms with Gasteiger partial charge in [0.2, 0.25) is 0 Å². The molecule has 3 aromatic rings. The van der Waals surface area contributed by atoms with Crippen LogP contribution in [0.25, 0.3) is 33.6 Å². The molecule has 3 rings (SSSR count). The molecule has 0 radical (unpaired) electrons. The molecule has 0 unspecified atom stereocenters. The van der Waals surface area contributed by atoms with Crippen molar-refractivity contribution in [1.29, 1.82) is 0 Å². The predicted octanol–water partition coefficient (Wildman–Crippen LogP) is 4.77. The highest BCUT2D eigenvalue weighted by Crippen LogP contribution is 2.34. The van der Waals surface area contributed by atoms with E-state index in [1.807, 2.05) is 41.8 Å². The maximum absolute atomic E-state index is 11.3. The number of hydrogen-bond acceptors (Lipinski definition) is 1. The zero-order valence-corrected chi connectivity index (χ0v) is 12.6. The highest BCUT2D eigenvalue weighted by Gasteiger charge is 2.15. The molecule has 0 amide bonds. The standard InChI is InChI=1S/C19H17NO2/c1-4-20-17-11-6-5-8-15(17)16-10-7-9-14(18(16)20)12(2)13(3)19(21)22/h4-11H,1H2,2-3H3,(H,21,22). The Morgan fingerprint density at radius 2 is 1.77 bits per heavy atom. The van der Waals surface area contributed by atoms with Crippen LogP contribution in [0, 0.1) is 0 Å². The molecule has 1 N–H and O–H groups in total. The van der Waals surface area contributed by atoms with Crippen LogP contribution in [-0.4, -0.2) is 15.6 Å². The molecule has 0 saturated heterocycles. The van der Waals surface area contributed by atoms with Crippen molar-refractivity contribution in [2.45, 2.75) is 13.8 Å². The van der Waals surface area contributed by atoms with E-state index in [-0.39, 0.29) is 0 Å². The molecule has 22 heavy (non-hydrogen) atoms. The lowest BCUT2D eigenvalue weighted by molar-refractivity contribution is -0.132. The second-order valence-electron chi connectivity index (χ2n) is 5.33. The predicted molar refractivity (Wildman–Crippen MR) is 91.7 cm³/mol. The minimum Gasteiger partial charge on any atom is -0.478 e. The summed E-state index contributed by atoms with van der Waals surface area (Å²) >= 11 is 0. The van der Waals surface area contributed by atoms with Crippen LogP contribution >= 0.6 is 0 Å². The molecule has 0 aliphatic rings. The molecule has 110 valence electrons. The number of benzene rings is 2. The monoisotopic (exact) mass is 291 g/mol. The van der Waals surface area contributed by atoms with Gasteiger partial charge in [0.25, 0.3) is 0 Å². The van der Waals surface area contributed by atoms with Crippen molar-refractivity contribution in [2.75, 3.05) is 0 Å². The van der Waals surface area contributed by atoms with Gasteiger partial charge in [-0.3, -0.25) is 0 Å². The molecule has 0 aliphatic heterocycles. The van der Waals surface area contributed by atoms with Crippen LogP contribution in [-0.2, 0) is 4.79 Å². The van der Waals surface area contributed by atoms with E-state index in [1.165, 1.54) is 0 Å². The van der Waals surface area contributed by atoms with Crippen LogP contribution < -0.4 is 0 Å². The Morgan fingerprint density at radius 1 is 1.09 bits per heavy atom. The average Bonchev–Trinajstić information content (AvgIpc) is 2.87. The molecule has 2 aromatic carbocycles. The second kappa shape index (κ2) is 5.19. The SMILES string of the molecule is C=Cn1c2ccccc2c2cccc(C(C)=C(C)C(=O)O)c21. The van der Waals surface area contributed by atoms with Gasteiger partial charge in [0.15, 0.2) is 0 Å². The quantitative estimate of drug-likeness (QED) is 0.706. The normalized spacial score (nSPS) is 12.5. The number of aromatic nitrogens is 1. The minimum atomic E-state index is -0.893. The maximum Gasteiger partial charge on any atom is 0.331 e. The summed E-state index contributed by atoms with van der Waals surface area (Å²) in [6.07, 6.45) is 1.78. The summed E-state index contributed by atoms with van der Waals surface area (Å²) in [5.74, 6) is -0.893. The van der Waals surface area contributed by atoms with Crippen molar-refractivity contribution in [1.82, 2.24) is 4.57 Å². The fourth-order valence-electron chi connectivity index (χ4n) is 2.91. The topological polar surface area (TPSA) is 42.2 Å². The molecule has 3 nitrogen and oxygen atoms in total. The van der Waals surface area contributed by atoms with E-state index in [0.717, 1.165) is 32.9 Å². The summed E-state index contributed by atoms with van der Waals surface area (Å²) in [4.78, 5) is 11.3. The van der Waals surface area contributed by atoms with Crippen molar-refractivity contribution < 1.29 is 9.90 Å². The number of carboxylic acid groups (broad SMARTS) is 1. The fourth-order valence-corrected chi connectivity index (χ4v) is 2.91. The highest BCUT2D eigenvalue weighted by molar-refractivity contribution is 6.13. The van der Waals surface area contributed by atoms with E-state index in [1.54, 1.807) is 13.1 Å². The fraction of sp³-hybridized carbons (Fsp3) is 0.105. The van der Waals surface area contributed by atoms with E-state index < -0.39 is 5.97 Å². The molecule has 1 heterocycles. The molecular weight excluding hydrogens is 274 g/mol. The Bertz CT molecular complexity index is 945. The molecule has 0 atom stereocenters. The Morgan fingerprint density at radius 3 is 2.45 bits per heavy atom. The second-order valence-corrected chi connectivity index (χ2v) is 5.33. The van der Waals surface area contributed by atoms with Gasteiger partial charge in [0.1, 0.15) is 0 Å². The van der Waals surface area contributed by atoms with Gasteiger partial charge in [-0.05, 0) is 25.5 Å². The smallest absolute Gasteiger partial charge is 0.331 e. The van der Waals surface area contributed by atoms with E-state index in [0.29, 0.717) is 5.57 Å². The van der Waals surface area contributed by atoms with E-state index in [9.17, 15) is 9.90 Å². The van der Waals surface area contributed by atoms with Crippen molar-refractivity contribution >= 4 is 39.5 Å². The lowest BCUT2D eigenvalue weighted by atomic mass is 9.99. The van der Waals surface area contributed by atoms with Gasteiger partial charge in [-0.15, -0.1) is 0 Å². The van der Waals surface area contributed by atoms with Crippen molar-refractivity contribution in [3.63, 3.8) is 0 Å². The van der Waals surface area contributed by atoms with E-state index in [2.05, 4.69) is 18.7 Å². The number of para-hydroxylation sites is 2. The number of allylic oxidation sites excluding steroid dienone is 1. The van der Waals surface area contributed by atoms with Crippen molar-refractivity contribution in [3.05, 3.63) is 60.2 Å². The zero-order chi connectivity index (χ0) is 15.9. The molecule has 0 spiro atoms. The Hall–Kier alpha value is -2.81. The molecule has 0 saturated carbocycles. The molecule has 3 heteroatoms.